The van der Waals surface area contributed by atoms with Gasteiger partial charge < -0.3 is 33.8 Å². The van der Waals surface area contributed by atoms with Crippen molar-refractivity contribution in [2.75, 3.05) is 39.6 Å². The van der Waals surface area contributed by atoms with Crippen LogP contribution >= 0.6 is 15.6 Å². The van der Waals surface area contributed by atoms with Crippen molar-refractivity contribution in [1.29, 1.82) is 0 Å². The summed E-state index contributed by atoms with van der Waals surface area (Å²) in [4.78, 5) is 72.6. The van der Waals surface area contributed by atoms with Gasteiger partial charge in [-0.05, 0) is 69.1 Å². The first-order chi connectivity index (χ1) is 44.2. The minimum atomic E-state index is -4.96. The fourth-order valence-electron chi connectivity index (χ4n) is 10.5. The van der Waals surface area contributed by atoms with Crippen molar-refractivity contribution in [2.24, 2.45) is 17.8 Å². The lowest BCUT2D eigenvalue weighted by molar-refractivity contribution is -0.161. The van der Waals surface area contributed by atoms with Crippen molar-refractivity contribution in [2.45, 2.75) is 362 Å². The van der Waals surface area contributed by atoms with Gasteiger partial charge in [0.25, 0.3) is 0 Å². The van der Waals surface area contributed by atoms with Crippen LogP contribution in [0.15, 0.2) is 24.3 Å². The van der Waals surface area contributed by atoms with Gasteiger partial charge in [0.2, 0.25) is 0 Å². The lowest BCUT2D eigenvalue weighted by Crippen LogP contribution is -2.30. The van der Waals surface area contributed by atoms with Crippen LogP contribution in [-0.4, -0.2) is 96.7 Å². The van der Waals surface area contributed by atoms with E-state index in [2.05, 4.69) is 72.8 Å². The van der Waals surface area contributed by atoms with Crippen LogP contribution in [0.2, 0.25) is 0 Å². The number of phosphoric acid groups is 2. The lowest BCUT2D eigenvalue weighted by atomic mass is 10.0. The summed E-state index contributed by atoms with van der Waals surface area (Å²) in [6, 6.07) is 0. The third-order valence-corrected chi connectivity index (χ3v) is 18.2. The van der Waals surface area contributed by atoms with Crippen LogP contribution < -0.4 is 0 Å². The number of ether oxygens (including phenoxy) is 4. The van der Waals surface area contributed by atoms with E-state index < -0.39 is 97.5 Å². The number of aliphatic hydroxyl groups is 1. The third kappa shape index (κ3) is 66.2. The maximum absolute atomic E-state index is 13.0. The van der Waals surface area contributed by atoms with Gasteiger partial charge in [0, 0.05) is 25.7 Å². The molecule has 0 saturated carbocycles. The first kappa shape index (κ1) is 89.5. The standard InChI is InChI=1S/C73H138O17P2/c1-8-9-10-11-12-13-14-15-16-19-22-25-33-40-47-54-70(75)83-60-68(90-73(78)57-50-43-35-28-27-31-38-45-52-65(4)5)62-87-91(79,80)85-58-67(74)59-86-92(81,82)88-63-69(61-84-71(76)55-48-41-36-29-32-39-46-53-66(6)7)89-72(77)56-49-42-34-26-23-20-17-18-21-24-30-37-44-51-64(2)3/h13-16,64-69,74H,8-12,17-63H2,1-7H3,(H,79,80)(H,81,82)/b14-13-,16-15-/t67?,68-,69-/m1/s1. The SMILES string of the molecule is CCCCCC/C=C\C=C/CCCCCCCC(=O)OC[C@H](COP(=O)(O)OCC(O)COP(=O)(O)OC[C@@H](COC(=O)CCCCCCCCCC(C)C)OC(=O)CCCCCCCCCCCCCCCC(C)C)OC(=O)CCCCCCCCCCC(C)C. The average Bonchev–Trinajstić information content (AvgIpc) is 3.68. The summed E-state index contributed by atoms with van der Waals surface area (Å²) in [5, 5.41) is 10.6. The summed E-state index contributed by atoms with van der Waals surface area (Å²) in [6.07, 6.45) is 50.9. The Kier molecular flexibility index (Phi) is 61.6. The number of unbranched alkanes of at least 4 members (excludes halogenated alkanes) is 34. The van der Waals surface area contributed by atoms with E-state index in [9.17, 15) is 43.2 Å². The van der Waals surface area contributed by atoms with Crippen LogP contribution in [0.5, 0.6) is 0 Å². The number of phosphoric ester groups is 2. The second-order valence-electron chi connectivity index (χ2n) is 27.1. The summed E-state index contributed by atoms with van der Waals surface area (Å²) >= 11 is 0. The highest BCUT2D eigenvalue weighted by atomic mass is 31.2. The number of esters is 4. The summed E-state index contributed by atoms with van der Waals surface area (Å²) in [5.74, 6) is 0.0485. The molecule has 3 unspecified atom stereocenters. The van der Waals surface area contributed by atoms with Crippen LogP contribution in [0.1, 0.15) is 344 Å². The van der Waals surface area contributed by atoms with Crippen molar-refractivity contribution in [3.05, 3.63) is 24.3 Å². The molecule has 0 heterocycles. The molecule has 0 aromatic heterocycles. The number of allylic oxidation sites excluding steroid dienone is 4. The average molecular weight is 1350 g/mol. The zero-order chi connectivity index (χ0) is 68.0. The smallest absolute Gasteiger partial charge is 0.462 e. The topological polar surface area (TPSA) is 237 Å². The molecule has 3 N–H and O–H groups in total. The number of hydrogen-bond acceptors (Lipinski definition) is 15. The van der Waals surface area contributed by atoms with Crippen molar-refractivity contribution in [3.8, 4) is 0 Å². The zero-order valence-electron chi connectivity index (χ0n) is 59.5. The Morgan fingerprint density at radius 3 is 0.880 bits per heavy atom. The Hall–Kier alpha value is -2.46. The second kappa shape index (κ2) is 63.3. The molecule has 19 heteroatoms. The molecule has 0 aromatic carbocycles. The van der Waals surface area contributed by atoms with E-state index >= 15 is 0 Å². The monoisotopic (exact) mass is 1350 g/mol. The fourth-order valence-corrected chi connectivity index (χ4v) is 12.1. The van der Waals surface area contributed by atoms with Crippen LogP contribution in [-0.2, 0) is 65.4 Å². The van der Waals surface area contributed by atoms with Crippen molar-refractivity contribution in [1.82, 2.24) is 0 Å². The van der Waals surface area contributed by atoms with Gasteiger partial charge in [-0.1, -0.05) is 291 Å². The van der Waals surface area contributed by atoms with E-state index in [1.54, 1.807) is 0 Å². The molecule has 0 amide bonds. The lowest BCUT2D eigenvalue weighted by Gasteiger charge is -2.21. The van der Waals surface area contributed by atoms with Gasteiger partial charge in [-0.25, -0.2) is 9.13 Å². The highest BCUT2D eigenvalue weighted by molar-refractivity contribution is 7.47. The molecule has 0 fully saturated rings. The highest BCUT2D eigenvalue weighted by Gasteiger charge is 2.30. The Balaban J connectivity index is 5.26. The number of carbonyl (C=O) groups excluding carboxylic acids is 4. The van der Waals surface area contributed by atoms with E-state index in [4.69, 9.17) is 37.0 Å². The van der Waals surface area contributed by atoms with E-state index in [1.165, 1.54) is 128 Å². The molecule has 0 spiro atoms. The van der Waals surface area contributed by atoms with E-state index in [1.807, 2.05) is 0 Å². The predicted octanol–water partition coefficient (Wildman–Crippen LogP) is 20.6. The second-order valence-corrected chi connectivity index (χ2v) is 30.0. The van der Waals surface area contributed by atoms with Gasteiger partial charge in [-0.15, -0.1) is 0 Å². The molecule has 0 bridgehead atoms. The number of rotatable bonds is 69. The molecule has 0 saturated heterocycles. The summed E-state index contributed by atoms with van der Waals surface area (Å²) in [6.45, 7) is 11.7. The van der Waals surface area contributed by atoms with Crippen LogP contribution in [0.4, 0.5) is 0 Å². The molecular formula is C73H138O17P2. The molecule has 17 nitrogen and oxygen atoms in total. The molecule has 5 atom stereocenters. The minimum Gasteiger partial charge on any atom is -0.462 e. The summed E-state index contributed by atoms with van der Waals surface area (Å²) < 4.78 is 68.3. The molecule has 0 rings (SSSR count). The minimum absolute atomic E-state index is 0.0972. The zero-order valence-corrected chi connectivity index (χ0v) is 61.3. The maximum Gasteiger partial charge on any atom is 0.472 e. The maximum atomic E-state index is 13.0. The summed E-state index contributed by atoms with van der Waals surface area (Å²) in [5.41, 5.74) is 0. The Bertz CT molecular complexity index is 1890. The largest absolute Gasteiger partial charge is 0.472 e. The van der Waals surface area contributed by atoms with E-state index in [-0.39, 0.29) is 25.7 Å². The van der Waals surface area contributed by atoms with Crippen LogP contribution in [0.3, 0.4) is 0 Å². The van der Waals surface area contributed by atoms with Gasteiger partial charge in [0.15, 0.2) is 12.2 Å². The fraction of sp³-hybridized carbons (Fsp3) is 0.890. The summed E-state index contributed by atoms with van der Waals surface area (Å²) in [7, 11) is -9.92. The third-order valence-electron chi connectivity index (χ3n) is 16.3. The molecule has 0 aliphatic rings. The first-order valence-electron chi connectivity index (χ1n) is 37.2. The van der Waals surface area contributed by atoms with Gasteiger partial charge >= 0.3 is 39.5 Å². The number of hydrogen-bond donors (Lipinski definition) is 3. The molecule has 542 valence electrons. The van der Waals surface area contributed by atoms with Gasteiger partial charge in [0.1, 0.15) is 19.3 Å². The highest BCUT2D eigenvalue weighted by Crippen LogP contribution is 2.45. The molecule has 0 aliphatic carbocycles. The van der Waals surface area contributed by atoms with Crippen molar-refractivity contribution >= 4 is 39.5 Å². The van der Waals surface area contributed by atoms with E-state index in [0.29, 0.717) is 37.5 Å². The normalized spacial score (nSPS) is 14.3. The molecule has 0 aliphatic heterocycles. The van der Waals surface area contributed by atoms with E-state index in [0.717, 1.165) is 121 Å². The Labute approximate surface area is 561 Å². The van der Waals surface area contributed by atoms with Crippen molar-refractivity contribution in [3.63, 3.8) is 0 Å². The number of aliphatic hydroxyl groups excluding tert-OH is 1. The molecule has 92 heavy (non-hydrogen) atoms. The van der Waals surface area contributed by atoms with Crippen LogP contribution in [0.25, 0.3) is 0 Å². The van der Waals surface area contributed by atoms with Gasteiger partial charge in [-0.2, -0.15) is 0 Å². The number of carbonyl (C=O) groups is 4. The van der Waals surface area contributed by atoms with Crippen LogP contribution in [0, 0.1) is 17.8 Å². The molecule has 0 radical (unpaired) electrons. The molecular weight excluding hydrogens is 1210 g/mol. The van der Waals surface area contributed by atoms with Crippen molar-refractivity contribution < 1.29 is 80.2 Å². The van der Waals surface area contributed by atoms with Gasteiger partial charge in [0.05, 0.1) is 26.4 Å². The predicted molar refractivity (Wildman–Crippen MR) is 372 cm³/mol. The quantitative estimate of drug-likeness (QED) is 0.0169. The molecule has 0 aromatic rings. The first-order valence-corrected chi connectivity index (χ1v) is 40.2. The Morgan fingerprint density at radius 2 is 0.587 bits per heavy atom. The Morgan fingerprint density at radius 1 is 0.337 bits per heavy atom. The van der Waals surface area contributed by atoms with Gasteiger partial charge in [-0.3, -0.25) is 37.3 Å².